The fourth-order valence-electron chi connectivity index (χ4n) is 5.00. The van der Waals surface area contributed by atoms with Gasteiger partial charge in [0, 0.05) is 57.0 Å². The van der Waals surface area contributed by atoms with Crippen LogP contribution in [-0.4, -0.2) is 68.3 Å². The summed E-state index contributed by atoms with van der Waals surface area (Å²) in [6, 6.07) is 4.22. The highest BCUT2D eigenvalue weighted by Crippen LogP contribution is 2.37. The summed E-state index contributed by atoms with van der Waals surface area (Å²) in [5, 5.41) is 0. The summed E-state index contributed by atoms with van der Waals surface area (Å²) in [7, 11) is -3.46. The zero-order chi connectivity index (χ0) is 23.1. The molecule has 2 atom stereocenters. The smallest absolute Gasteiger partial charge is 0.248 e. The quantitative estimate of drug-likeness (QED) is 0.666. The van der Waals surface area contributed by atoms with Crippen LogP contribution in [0.5, 0.6) is 0 Å². The van der Waals surface area contributed by atoms with Crippen molar-refractivity contribution in [3.8, 4) is 0 Å². The normalized spacial score (nSPS) is 27.2. The Hall–Kier alpha value is -2.00. The number of halogens is 3. The molecule has 0 radical (unpaired) electrons. The van der Waals surface area contributed by atoms with Gasteiger partial charge in [-0.15, -0.1) is 0 Å². The number of allylic oxidation sites excluding steroid dienone is 2. The number of nitrogens with zero attached hydrogens (tertiary/aromatic N) is 3. The van der Waals surface area contributed by atoms with Gasteiger partial charge < -0.3 is 9.80 Å². The zero-order valence-corrected chi connectivity index (χ0v) is 19.2. The molecule has 3 aliphatic rings. The molecule has 1 aromatic rings. The summed E-state index contributed by atoms with van der Waals surface area (Å²) >= 11 is 0. The van der Waals surface area contributed by atoms with Gasteiger partial charge in [-0.25, -0.2) is 21.6 Å². The minimum absolute atomic E-state index is 0.0219. The molecule has 1 aromatic carbocycles. The summed E-state index contributed by atoms with van der Waals surface area (Å²) in [6.07, 6.45) is 9.85. The molecule has 0 N–H and O–H groups in total. The summed E-state index contributed by atoms with van der Waals surface area (Å²) in [5.74, 6) is -3.10. The van der Waals surface area contributed by atoms with E-state index in [9.17, 15) is 21.6 Å². The molecule has 2 heterocycles. The van der Waals surface area contributed by atoms with E-state index in [1.165, 1.54) is 12.1 Å². The van der Waals surface area contributed by atoms with Crippen LogP contribution in [0.4, 0.5) is 18.9 Å². The minimum Gasteiger partial charge on any atom is -0.366 e. The first-order valence-corrected chi connectivity index (χ1v) is 12.9. The Bertz CT molecular complexity index is 1000. The average Bonchev–Trinajstić information content (AvgIpc) is 2.73. The first-order valence-electron chi connectivity index (χ1n) is 11.1. The van der Waals surface area contributed by atoms with Crippen molar-refractivity contribution in [3.63, 3.8) is 0 Å². The number of rotatable bonds is 4. The maximum Gasteiger partial charge on any atom is 0.248 e. The second-order valence-electron chi connectivity index (χ2n) is 9.09. The van der Waals surface area contributed by atoms with Crippen molar-refractivity contribution in [1.29, 1.82) is 0 Å². The number of sulfone groups is 1. The molecule has 1 saturated heterocycles. The summed E-state index contributed by atoms with van der Waals surface area (Å²) in [4.78, 5) is 6.43. The monoisotopic (exact) mass is 469 g/mol. The third-order valence-electron chi connectivity index (χ3n) is 6.77. The molecule has 4 rings (SSSR count). The van der Waals surface area contributed by atoms with Crippen LogP contribution >= 0.6 is 0 Å². The van der Waals surface area contributed by atoms with Gasteiger partial charge in [-0.05, 0) is 50.1 Å². The van der Waals surface area contributed by atoms with E-state index in [2.05, 4.69) is 22.8 Å². The van der Waals surface area contributed by atoms with E-state index in [4.69, 9.17) is 0 Å². The van der Waals surface area contributed by atoms with Gasteiger partial charge in [0.15, 0.2) is 9.84 Å². The Kier molecular flexibility index (Phi) is 6.33. The van der Waals surface area contributed by atoms with Crippen LogP contribution in [0.25, 0.3) is 0 Å². The Balaban J connectivity index is 1.46. The van der Waals surface area contributed by atoms with E-state index in [0.717, 1.165) is 12.3 Å². The van der Waals surface area contributed by atoms with E-state index in [1.54, 1.807) is 0 Å². The topological polar surface area (TPSA) is 43.9 Å². The van der Waals surface area contributed by atoms with Gasteiger partial charge in [0.25, 0.3) is 0 Å². The standard InChI is InChI=1S/C23H30F3N3O2S/c1-17-16-27(21-7-6-19(15-20(21)24)32(2,30)31)13-14-28(17)22-5-3-4-12-29(22)18-8-10-23(25,26)11-9-18/h3-7,12,15,17-18,22H,8-11,13-14,16H2,1-2H3/t17-,22?/m1/s1. The number of hydrogen-bond acceptors (Lipinski definition) is 5. The zero-order valence-electron chi connectivity index (χ0n) is 18.4. The van der Waals surface area contributed by atoms with E-state index in [1.807, 2.05) is 23.3 Å². The lowest BCUT2D eigenvalue weighted by atomic mass is 9.90. The maximum atomic E-state index is 14.7. The highest BCUT2D eigenvalue weighted by molar-refractivity contribution is 7.90. The largest absolute Gasteiger partial charge is 0.366 e. The SMILES string of the molecule is C[C@@H]1CN(c2ccc(S(C)(=O)=O)cc2F)CCN1C1C=CC=CN1C1CCC(F)(F)CC1. The molecule has 1 saturated carbocycles. The summed E-state index contributed by atoms with van der Waals surface area (Å²) in [5.41, 5.74) is 0.398. The molecule has 0 amide bonds. The summed E-state index contributed by atoms with van der Waals surface area (Å²) < 4.78 is 65.4. The van der Waals surface area contributed by atoms with Crippen molar-refractivity contribution in [2.75, 3.05) is 30.8 Å². The van der Waals surface area contributed by atoms with Crippen LogP contribution in [0.3, 0.4) is 0 Å². The molecule has 32 heavy (non-hydrogen) atoms. The third kappa shape index (κ3) is 4.83. The van der Waals surface area contributed by atoms with E-state index >= 15 is 0 Å². The molecule has 1 aliphatic carbocycles. The van der Waals surface area contributed by atoms with Gasteiger partial charge in [-0.3, -0.25) is 4.90 Å². The molecule has 2 fully saturated rings. The number of piperazine rings is 1. The molecule has 1 unspecified atom stereocenters. The van der Waals surface area contributed by atoms with Gasteiger partial charge >= 0.3 is 0 Å². The van der Waals surface area contributed by atoms with Gasteiger partial charge in [-0.1, -0.05) is 6.08 Å². The Morgan fingerprint density at radius 1 is 1.09 bits per heavy atom. The van der Waals surface area contributed by atoms with Crippen molar-refractivity contribution in [3.05, 3.63) is 48.4 Å². The second kappa shape index (κ2) is 8.74. The third-order valence-corrected chi connectivity index (χ3v) is 7.88. The predicted octanol–water partition coefficient (Wildman–Crippen LogP) is 4.03. The molecule has 0 bridgehead atoms. The van der Waals surface area contributed by atoms with Crippen molar-refractivity contribution < 1.29 is 21.6 Å². The fraction of sp³-hybridized carbons (Fsp3) is 0.565. The van der Waals surface area contributed by atoms with Crippen LogP contribution in [-0.2, 0) is 9.84 Å². The van der Waals surface area contributed by atoms with E-state index < -0.39 is 21.6 Å². The fourth-order valence-corrected chi connectivity index (χ4v) is 5.63. The second-order valence-corrected chi connectivity index (χ2v) is 11.1. The van der Waals surface area contributed by atoms with E-state index in [0.29, 0.717) is 38.2 Å². The molecular weight excluding hydrogens is 439 g/mol. The molecule has 9 heteroatoms. The molecular formula is C23H30F3N3O2S. The van der Waals surface area contributed by atoms with Crippen LogP contribution in [0, 0.1) is 5.82 Å². The number of alkyl halides is 2. The van der Waals surface area contributed by atoms with Gasteiger partial charge in [0.05, 0.1) is 10.6 Å². The highest BCUT2D eigenvalue weighted by Gasteiger charge is 2.40. The maximum absolute atomic E-state index is 14.7. The van der Waals surface area contributed by atoms with Crippen LogP contribution in [0.15, 0.2) is 47.5 Å². The number of benzene rings is 1. The van der Waals surface area contributed by atoms with Crippen molar-refractivity contribution >= 4 is 15.5 Å². The van der Waals surface area contributed by atoms with E-state index in [-0.39, 0.29) is 36.0 Å². The van der Waals surface area contributed by atoms with Crippen molar-refractivity contribution in [2.24, 2.45) is 0 Å². The molecule has 0 spiro atoms. The minimum atomic E-state index is -3.46. The average molecular weight is 470 g/mol. The highest BCUT2D eigenvalue weighted by atomic mass is 32.2. The van der Waals surface area contributed by atoms with Crippen LogP contribution in [0.2, 0.25) is 0 Å². The van der Waals surface area contributed by atoms with Crippen LogP contribution < -0.4 is 4.90 Å². The predicted molar refractivity (Wildman–Crippen MR) is 119 cm³/mol. The molecule has 2 aliphatic heterocycles. The lowest BCUT2D eigenvalue weighted by Crippen LogP contribution is -2.60. The first kappa shape index (κ1) is 23.2. The lowest BCUT2D eigenvalue weighted by molar-refractivity contribution is -0.0608. The Labute approximate surface area is 188 Å². The van der Waals surface area contributed by atoms with Gasteiger partial charge in [0.1, 0.15) is 12.0 Å². The molecule has 5 nitrogen and oxygen atoms in total. The summed E-state index contributed by atoms with van der Waals surface area (Å²) in [6.45, 7) is 3.93. The number of hydrogen-bond donors (Lipinski definition) is 0. The van der Waals surface area contributed by atoms with Crippen LogP contribution in [0.1, 0.15) is 32.6 Å². The van der Waals surface area contributed by atoms with Crippen molar-refractivity contribution in [2.45, 2.75) is 61.7 Å². The van der Waals surface area contributed by atoms with Crippen molar-refractivity contribution in [1.82, 2.24) is 9.80 Å². The number of anilines is 1. The molecule has 0 aromatic heterocycles. The first-order chi connectivity index (χ1) is 15.0. The van der Waals surface area contributed by atoms with Gasteiger partial charge in [0.2, 0.25) is 5.92 Å². The van der Waals surface area contributed by atoms with Gasteiger partial charge in [-0.2, -0.15) is 0 Å². The lowest BCUT2D eigenvalue weighted by Gasteiger charge is -2.50. The molecule has 176 valence electrons. The Morgan fingerprint density at radius 3 is 2.44 bits per heavy atom. The Morgan fingerprint density at radius 2 is 1.81 bits per heavy atom.